The van der Waals surface area contributed by atoms with Gasteiger partial charge in [0.1, 0.15) is 16.5 Å². The van der Waals surface area contributed by atoms with Crippen LogP contribution >= 0.6 is 11.3 Å². The standard InChI is InChI=1S/C14H20N4OS/c1-9-6-18(7-10(2)19-9)8-12-16-13(15-3)11-4-5-20-14(11)17-12/h4-5,9-10H,6-8H2,1-3H3,(H,15,16,17). The van der Waals surface area contributed by atoms with Gasteiger partial charge in [0, 0.05) is 20.1 Å². The second-order valence-corrected chi connectivity index (χ2v) is 6.22. The molecule has 2 unspecified atom stereocenters. The van der Waals surface area contributed by atoms with Gasteiger partial charge in [0.25, 0.3) is 0 Å². The van der Waals surface area contributed by atoms with Gasteiger partial charge in [-0.15, -0.1) is 11.3 Å². The van der Waals surface area contributed by atoms with Crippen molar-refractivity contribution in [2.24, 2.45) is 0 Å². The quantitative estimate of drug-likeness (QED) is 0.941. The Morgan fingerprint density at radius 2 is 2.10 bits per heavy atom. The van der Waals surface area contributed by atoms with E-state index < -0.39 is 0 Å². The van der Waals surface area contributed by atoms with E-state index >= 15 is 0 Å². The van der Waals surface area contributed by atoms with E-state index in [-0.39, 0.29) is 12.2 Å². The SMILES string of the molecule is CNc1nc(CN2CC(C)OC(C)C2)nc2sccc12. The van der Waals surface area contributed by atoms with Crippen LogP contribution in [0, 0.1) is 0 Å². The molecule has 5 nitrogen and oxygen atoms in total. The minimum atomic E-state index is 0.271. The lowest BCUT2D eigenvalue weighted by Gasteiger charge is -2.34. The average molecular weight is 292 g/mol. The van der Waals surface area contributed by atoms with Crippen molar-refractivity contribution in [1.29, 1.82) is 0 Å². The molecule has 1 N–H and O–H groups in total. The fraction of sp³-hybridized carbons (Fsp3) is 0.571. The third kappa shape index (κ3) is 2.77. The third-order valence-electron chi connectivity index (χ3n) is 3.47. The molecule has 3 rings (SSSR count). The number of aromatic nitrogens is 2. The summed E-state index contributed by atoms with van der Waals surface area (Å²) in [5, 5.41) is 6.32. The number of nitrogens with one attached hydrogen (secondary N) is 1. The Balaban J connectivity index is 1.83. The molecule has 0 spiro atoms. The van der Waals surface area contributed by atoms with Gasteiger partial charge in [0.15, 0.2) is 0 Å². The largest absolute Gasteiger partial charge is 0.373 e. The molecule has 2 atom stereocenters. The molecule has 0 radical (unpaired) electrons. The van der Waals surface area contributed by atoms with Gasteiger partial charge in [0.05, 0.1) is 24.1 Å². The van der Waals surface area contributed by atoms with Crippen LogP contribution in [-0.2, 0) is 11.3 Å². The molecule has 0 saturated carbocycles. The first-order valence-electron chi connectivity index (χ1n) is 6.95. The van der Waals surface area contributed by atoms with Gasteiger partial charge >= 0.3 is 0 Å². The molecule has 0 aromatic carbocycles. The fourth-order valence-corrected chi connectivity index (χ4v) is 3.56. The van der Waals surface area contributed by atoms with Crippen LogP contribution in [0.15, 0.2) is 11.4 Å². The summed E-state index contributed by atoms with van der Waals surface area (Å²) in [6.07, 6.45) is 0.543. The number of nitrogens with zero attached hydrogens (tertiary/aromatic N) is 3. The van der Waals surface area contributed by atoms with Crippen LogP contribution in [0.25, 0.3) is 10.2 Å². The monoisotopic (exact) mass is 292 g/mol. The molecule has 1 saturated heterocycles. The van der Waals surface area contributed by atoms with E-state index in [0.717, 1.165) is 41.5 Å². The second-order valence-electron chi connectivity index (χ2n) is 5.33. The second kappa shape index (κ2) is 5.63. The summed E-state index contributed by atoms with van der Waals surface area (Å²) >= 11 is 1.66. The van der Waals surface area contributed by atoms with Crippen LogP contribution in [0.5, 0.6) is 0 Å². The average Bonchev–Trinajstić information content (AvgIpc) is 2.84. The summed E-state index contributed by atoms with van der Waals surface area (Å²) in [5.41, 5.74) is 0. The van der Waals surface area contributed by atoms with E-state index in [4.69, 9.17) is 4.74 Å². The lowest BCUT2D eigenvalue weighted by atomic mass is 10.2. The maximum atomic E-state index is 5.76. The molecule has 1 aliphatic heterocycles. The van der Waals surface area contributed by atoms with Crippen LogP contribution in [0.1, 0.15) is 19.7 Å². The highest BCUT2D eigenvalue weighted by atomic mass is 32.1. The van der Waals surface area contributed by atoms with Crippen molar-refractivity contribution in [2.75, 3.05) is 25.5 Å². The zero-order chi connectivity index (χ0) is 14.1. The zero-order valence-electron chi connectivity index (χ0n) is 12.1. The summed E-state index contributed by atoms with van der Waals surface area (Å²) in [6.45, 7) is 6.88. The number of hydrogen-bond acceptors (Lipinski definition) is 6. The number of anilines is 1. The first-order chi connectivity index (χ1) is 9.65. The smallest absolute Gasteiger partial charge is 0.146 e. The van der Waals surface area contributed by atoms with Gasteiger partial charge in [-0.05, 0) is 25.3 Å². The van der Waals surface area contributed by atoms with Crippen molar-refractivity contribution in [1.82, 2.24) is 14.9 Å². The van der Waals surface area contributed by atoms with Gasteiger partial charge in [-0.1, -0.05) is 0 Å². The lowest BCUT2D eigenvalue weighted by Crippen LogP contribution is -2.45. The van der Waals surface area contributed by atoms with Crippen LogP contribution in [0.4, 0.5) is 5.82 Å². The molecule has 108 valence electrons. The van der Waals surface area contributed by atoms with Gasteiger partial charge in [-0.3, -0.25) is 4.90 Å². The highest BCUT2D eigenvalue weighted by Gasteiger charge is 2.23. The molecular weight excluding hydrogens is 272 g/mol. The summed E-state index contributed by atoms with van der Waals surface area (Å²) in [7, 11) is 1.90. The number of fused-ring (bicyclic) bond motifs is 1. The maximum absolute atomic E-state index is 5.76. The van der Waals surface area contributed by atoms with Crippen molar-refractivity contribution in [3.63, 3.8) is 0 Å². The predicted octanol–water partition coefficient (Wildman–Crippen LogP) is 2.34. The summed E-state index contributed by atoms with van der Waals surface area (Å²) in [4.78, 5) is 12.7. The molecule has 3 heterocycles. The molecule has 1 aliphatic rings. The lowest BCUT2D eigenvalue weighted by molar-refractivity contribution is -0.0710. The third-order valence-corrected chi connectivity index (χ3v) is 4.28. The highest BCUT2D eigenvalue weighted by molar-refractivity contribution is 7.16. The van der Waals surface area contributed by atoms with Gasteiger partial charge in [-0.2, -0.15) is 0 Å². The van der Waals surface area contributed by atoms with Crippen LogP contribution in [0.3, 0.4) is 0 Å². The number of morpholine rings is 1. The molecule has 20 heavy (non-hydrogen) atoms. The van der Waals surface area contributed by atoms with E-state index in [9.17, 15) is 0 Å². The molecular formula is C14H20N4OS. The van der Waals surface area contributed by atoms with Crippen LogP contribution < -0.4 is 5.32 Å². The van der Waals surface area contributed by atoms with Crippen molar-refractivity contribution in [2.45, 2.75) is 32.6 Å². The normalized spacial score (nSPS) is 24.1. The summed E-state index contributed by atoms with van der Waals surface area (Å²) in [5.74, 6) is 1.80. The van der Waals surface area contributed by atoms with E-state index in [2.05, 4.69) is 45.5 Å². The number of hydrogen-bond donors (Lipinski definition) is 1. The van der Waals surface area contributed by atoms with E-state index in [1.54, 1.807) is 11.3 Å². The van der Waals surface area contributed by atoms with Crippen LogP contribution in [0.2, 0.25) is 0 Å². The van der Waals surface area contributed by atoms with Crippen molar-refractivity contribution in [3.05, 3.63) is 17.3 Å². The number of rotatable bonds is 3. The maximum Gasteiger partial charge on any atom is 0.146 e. The Hall–Kier alpha value is -1.24. The Morgan fingerprint density at radius 3 is 2.80 bits per heavy atom. The predicted molar refractivity (Wildman–Crippen MR) is 82.2 cm³/mol. The first-order valence-corrected chi connectivity index (χ1v) is 7.83. The molecule has 1 fully saturated rings. The van der Waals surface area contributed by atoms with Crippen molar-refractivity contribution in [3.8, 4) is 0 Å². The van der Waals surface area contributed by atoms with Crippen LogP contribution in [-0.4, -0.2) is 47.2 Å². The van der Waals surface area contributed by atoms with Gasteiger partial charge < -0.3 is 10.1 Å². The van der Waals surface area contributed by atoms with Gasteiger partial charge in [-0.25, -0.2) is 9.97 Å². The Morgan fingerprint density at radius 1 is 1.35 bits per heavy atom. The Kier molecular flexibility index (Phi) is 3.87. The number of thiophene rings is 1. The van der Waals surface area contributed by atoms with Gasteiger partial charge in [0.2, 0.25) is 0 Å². The number of ether oxygens (including phenoxy) is 1. The Labute approximate surface area is 123 Å². The van der Waals surface area contributed by atoms with E-state index in [0.29, 0.717) is 0 Å². The topological polar surface area (TPSA) is 50.3 Å². The molecule has 0 aliphatic carbocycles. The first kappa shape index (κ1) is 13.7. The minimum Gasteiger partial charge on any atom is -0.373 e. The molecule has 0 amide bonds. The fourth-order valence-electron chi connectivity index (χ4n) is 2.77. The molecule has 2 aromatic rings. The highest BCUT2D eigenvalue weighted by Crippen LogP contribution is 2.25. The molecule has 2 aromatic heterocycles. The minimum absolute atomic E-state index is 0.271. The molecule has 0 bridgehead atoms. The van der Waals surface area contributed by atoms with E-state index in [1.807, 2.05) is 7.05 Å². The summed E-state index contributed by atoms with van der Waals surface area (Å²) in [6, 6.07) is 2.06. The van der Waals surface area contributed by atoms with E-state index in [1.165, 1.54) is 0 Å². The van der Waals surface area contributed by atoms with Crippen molar-refractivity contribution >= 4 is 27.4 Å². The Bertz CT molecular complexity index is 590. The summed E-state index contributed by atoms with van der Waals surface area (Å²) < 4.78 is 5.76. The zero-order valence-corrected chi connectivity index (χ0v) is 12.9. The van der Waals surface area contributed by atoms with Crippen molar-refractivity contribution < 1.29 is 4.74 Å². The molecule has 6 heteroatoms.